The Kier molecular flexibility index (Phi) is 7.95. The van der Waals surface area contributed by atoms with E-state index >= 15 is 0 Å². The van der Waals surface area contributed by atoms with Crippen LogP contribution in [0, 0.1) is 0 Å². The van der Waals surface area contributed by atoms with Gasteiger partial charge in [0.1, 0.15) is 5.75 Å². The lowest BCUT2D eigenvalue weighted by atomic mass is 10.0. The lowest BCUT2D eigenvalue weighted by Crippen LogP contribution is -2.38. The van der Waals surface area contributed by atoms with Crippen molar-refractivity contribution in [3.63, 3.8) is 0 Å². The monoisotopic (exact) mass is 386 g/mol. The third-order valence-electron chi connectivity index (χ3n) is 4.48. The third kappa shape index (κ3) is 5.53. The van der Waals surface area contributed by atoms with Crippen LogP contribution in [0.1, 0.15) is 17.2 Å². The van der Waals surface area contributed by atoms with Gasteiger partial charge in [0.15, 0.2) is 17.5 Å². The van der Waals surface area contributed by atoms with E-state index in [0.29, 0.717) is 30.5 Å². The van der Waals surface area contributed by atoms with Gasteiger partial charge in [-0.05, 0) is 37.9 Å². The summed E-state index contributed by atoms with van der Waals surface area (Å²) in [7, 11) is 8.95. The number of hydrogen-bond donors (Lipinski definition) is 2. The smallest absolute Gasteiger partial charge is 0.188 e. The number of hydrogen-bond acceptors (Lipinski definition) is 5. The highest BCUT2D eigenvalue weighted by atomic mass is 16.5. The predicted octanol–water partition coefficient (Wildman–Crippen LogP) is 2.42. The van der Waals surface area contributed by atoms with Crippen molar-refractivity contribution in [1.29, 1.82) is 0 Å². The minimum absolute atomic E-state index is 0.0889. The summed E-state index contributed by atoms with van der Waals surface area (Å²) in [5, 5.41) is 3.21. The summed E-state index contributed by atoms with van der Waals surface area (Å²) in [6, 6.07) is 13.8. The summed E-state index contributed by atoms with van der Waals surface area (Å²) >= 11 is 0. The molecule has 7 heteroatoms. The summed E-state index contributed by atoms with van der Waals surface area (Å²) in [5.41, 5.74) is 8.15. The van der Waals surface area contributed by atoms with Gasteiger partial charge in [0.25, 0.3) is 0 Å². The Bertz CT molecular complexity index is 793. The molecule has 2 aromatic rings. The average Bonchev–Trinajstić information content (AvgIpc) is 2.72. The largest absolute Gasteiger partial charge is 0.496 e. The fraction of sp³-hybridized carbons (Fsp3) is 0.381. The van der Waals surface area contributed by atoms with Crippen molar-refractivity contribution in [3.8, 4) is 17.2 Å². The fourth-order valence-electron chi connectivity index (χ4n) is 2.93. The van der Waals surface area contributed by atoms with E-state index in [1.54, 1.807) is 21.3 Å². The second-order valence-corrected chi connectivity index (χ2v) is 6.49. The van der Waals surface area contributed by atoms with Gasteiger partial charge in [0.05, 0.1) is 33.9 Å². The highest BCUT2D eigenvalue weighted by Crippen LogP contribution is 2.28. The summed E-state index contributed by atoms with van der Waals surface area (Å²) in [4.78, 5) is 6.55. The van der Waals surface area contributed by atoms with Crippen LogP contribution >= 0.6 is 0 Å². The van der Waals surface area contributed by atoms with Gasteiger partial charge < -0.3 is 30.2 Å². The second kappa shape index (κ2) is 10.4. The number of nitrogens with two attached hydrogens (primary N) is 1. The van der Waals surface area contributed by atoms with Gasteiger partial charge in [-0.25, -0.2) is 4.99 Å². The predicted molar refractivity (Wildman–Crippen MR) is 112 cm³/mol. The lowest BCUT2D eigenvalue weighted by Gasteiger charge is -2.26. The number of aliphatic imine (C=N–C) groups is 1. The molecule has 0 heterocycles. The van der Waals surface area contributed by atoms with Gasteiger partial charge in [-0.3, -0.25) is 0 Å². The van der Waals surface area contributed by atoms with Crippen molar-refractivity contribution < 1.29 is 14.2 Å². The van der Waals surface area contributed by atoms with Gasteiger partial charge in [-0.1, -0.05) is 24.3 Å². The maximum atomic E-state index is 6.08. The maximum Gasteiger partial charge on any atom is 0.188 e. The molecular formula is C21H30N4O3. The van der Waals surface area contributed by atoms with Crippen molar-refractivity contribution >= 4 is 5.96 Å². The molecule has 0 saturated heterocycles. The molecule has 0 aliphatic heterocycles. The topological polar surface area (TPSA) is 81.3 Å². The minimum Gasteiger partial charge on any atom is -0.496 e. The number of para-hydroxylation sites is 1. The quantitative estimate of drug-likeness (QED) is 0.509. The molecule has 28 heavy (non-hydrogen) atoms. The number of ether oxygens (including phenoxy) is 3. The molecule has 0 spiro atoms. The number of methoxy groups -OCH3 is 3. The van der Waals surface area contributed by atoms with Gasteiger partial charge in [-0.2, -0.15) is 0 Å². The number of benzene rings is 2. The van der Waals surface area contributed by atoms with E-state index in [0.717, 1.165) is 16.9 Å². The first-order valence-electron chi connectivity index (χ1n) is 9.04. The van der Waals surface area contributed by atoms with Crippen LogP contribution in [-0.2, 0) is 6.54 Å². The van der Waals surface area contributed by atoms with E-state index in [2.05, 4.69) is 21.3 Å². The third-order valence-corrected chi connectivity index (χ3v) is 4.48. The molecule has 7 nitrogen and oxygen atoms in total. The minimum atomic E-state index is 0.0889. The Morgan fingerprint density at radius 1 is 1.00 bits per heavy atom. The molecule has 0 radical (unpaired) electrons. The Hall–Kier alpha value is -2.93. The number of rotatable bonds is 9. The van der Waals surface area contributed by atoms with Crippen molar-refractivity contribution in [1.82, 2.24) is 10.2 Å². The molecule has 2 rings (SSSR count). The Balaban J connectivity index is 2.03. The van der Waals surface area contributed by atoms with Crippen molar-refractivity contribution in [2.75, 3.05) is 42.0 Å². The van der Waals surface area contributed by atoms with Crippen LogP contribution in [0.15, 0.2) is 47.5 Å². The Morgan fingerprint density at radius 3 is 2.32 bits per heavy atom. The molecule has 0 aromatic heterocycles. The number of likely N-dealkylation sites (N-methyl/N-ethyl adjacent to an activating group) is 1. The van der Waals surface area contributed by atoms with E-state index in [4.69, 9.17) is 19.9 Å². The zero-order valence-electron chi connectivity index (χ0n) is 17.2. The first-order valence-corrected chi connectivity index (χ1v) is 9.04. The molecule has 2 aromatic carbocycles. The Morgan fingerprint density at radius 2 is 1.68 bits per heavy atom. The van der Waals surface area contributed by atoms with Crippen LogP contribution in [0.3, 0.4) is 0 Å². The lowest BCUT2D eigenvalue weighted by molar-refractivity contribution is 0.288. The average molecular weight is 386 g/mol. The first kappa shape index (κ1) is 21.4. The SMILES string of the molecule is COc1ccc(CN=C(N)NCC(c2ccccc2OC)N(C)C)cc1OC. The Labute approximate surface area is 167 Å². The van der Waals surface area contributed by atoms with Gasteiger partial charge in [0.2, 0.25) is 0 Å². The molecule has 1 atom stereocenters. The highest BCUT2D eigenvalue weighted by Gasteiger charge is 2.18. The molecule has 152 valence electrons. The molecule has 0 aliphatic carbocycles. The molecular weight excluding hydrogens is 356 g/mol. The van der Waals surface area contributed by atoms with Crippen LogP contribution in [0.2, 0.25) is 0 Å². The van der Waals surface area contributed by atoms with Gasteiger partial charge in [-0.15, -0.1) is 0 Å². The zero-order valence-corrected chi connectivity index (χ0v) is 17.2. The summed E-state index contributed by atoms with van der Waals surface area (Å²) < 4.78 is 16.1. The number of nitrogens with zero attached hydrogens (tertiary/aromatic N) is 2. The summed E-state index contributed by atoms with van der Waals surface area (Å²) in [5.74, 6) is 2.60. The highest BCUT2D eigenvalue weighted by molar-refractivity contribution is 5.77. The molecule has 3 N–H and O–H groups in total. The molecule has 0 amide bonds. The van der Waals surface area contributed by atoms with Crippen molar-refractivity contribution in [3.05, 3.63) is 53.6 Å². The molecule has 0 saturated carbocycles. The van der Waals surface area contributed by atoms with E-state index in [1.165, 1.54) is 0 Å². The second-order valence-electron chi connectivity index (χ2n) is 6.49. The van der Waals surface area contributed by atoms with Crippen LogP contribution < -0.4 is 25.3 Å². The van der Waals surface area contributed by atoms with E-state index in [9.17, 15) is 0 Å². The fourth-order valence-corrected chi connectivity index (χ4v) is 2.93. The van der Waals surface area contributed by atoms with Crippen LogP contribution in [0.5, 0.6) is 17.2 Å². The summed E-state index contributed by atoms with van der Waals surface area (Å²) in [6.45, 7) is 1.05. The van der Waals surface area contributed by atoms with Crippen LogP contribution in [-0.4, -0.2) is 52.8 Å². The molecule has 1 unspecified atom stereocenters. The van der Waals surface area contributed by atoms with Gasteiger partial charge >= 0.3 is 0 Å². The standard InChI is InChI=1S/C21H30N4O3/c1-25(2)17(16-8-6-7-9-18(16)26-3)14-24-21(22)23-13-15-10-11-19(27-4)20(12-15)28-5/h6-12,17H,13-14H2,1-5H3,(H3,22,23,24). The number of guanidine groups is 1. The normalized spacial score (nSPS) is 12.6. The molecule has 0 fully saturated rings. The van der Waals surface area contributed by atoms with E-state index in [-0.39, 0.29) is 6.04 Å². The molecule has 0 bridgehead atoms. The zero-order chi connectivity index (χ0) is 20.5. The molecule has 0 aliphatic rings. The number of nitrogens with one attached hydrogen (secondary N) is 1. The summed E-state index contributed by atoms with van der Waals surface area (Å²) in [6.07, 6.45) is 0. The van der Waals surface area contributed by atoms with Gasteiger partial charge in [0, 0.05) is 12.1 Å². The van der Waals surface area contributed by atoms with E-state index < -0.39 is 0 Å². The van der Waals surface area contributed by atoms with Crippen LogP contribution in [0.25, 0.3) is 0 Å². The first-order chi connectivity index (χ1) is 13.5. The van der Waals surface area contributed by atoms with Crippen molar-refractivity contribution in [2.24, 2.45) is 10.7 Å². The van der Waals surface area contributed by atoms with E-state index in [1.807, 2.05) is 50.5 Å². The maximum absolute atomic E-state index is 6.08. The van der Waals surface area contributed by atoms with Crippen LogP contribution in [0.4, 0.5) is 0 Å². The van der Waals surface area contributed by atoms with Crippen molar-refractivity contribution in [2.45, 2.75) is 12.6 Å².